The molecule has 4 unspecified atom stereocenters. The zero-order valence-electron chi connectivity index (χ0n) is 12.2. The van der Waals surface area contributed by atoms with Crippen LogP contribution in [0.1, 0.15) is 39.0 Å². The van der Waals surface area contributed by atoms with Gasteiger partial charge in [-0.25, -0.2) is 0 Å². The lowest BCUT2D eigenvalue weighted by molar-refractivity contribution is -0.107. The van der Waals surface area contributed by atoms with Crippen molar-refractivity contribution in [3.05, 3.63) is 0 Å². The van der Waals surface area contributed by atoms with E-state index in [1.807, 2.05) is 0 Å². The van der Waals surface area contributed by atoms with Crippen LogP contribution in [0.4, 0.5) is 0 Å². The van der Waals surface area contributed by atoms with Gasteiger partial charge in [0.05, 0.1) is 11.2 Å². The van der Waals surface area contributed by atoms with Crippen LogP contribution in [0, 0.1) is 5.92 Å². The van der Waals surface area contributed by atoms with Gasteiger partial charge in [-0.15, -0.1) is 0 Å². The second-order valence-electron chi connectivity index (χ2n) is 6.62. The molecule has 3 aliphatic rings. The molecular formula is C15H27NO2S. The highest BCUT2D eigenvalue weighted by atomic mass is 32.2. The summed E-state index contributed by atoms with van der Waals surface area (Å²) in [5.74, 6) is 3.16. The third kappa shape index (κ3) is 2.69. The molecule has 0 bridgehead atoms. The summed E-state index contributed by atoms with van der Waals surface area (Å²) in [6, 6.07) is 0.473. The van der Waals surface area contributed by atoms with E-state index in [9.17, 15) is 0 Å². The Bertz CT molecular complexity index is 311. The van der Waals surface area contributed by atoms with Crippen molar-refractivity contribution < 1.29 is 9.47 Å². The lowest BCUT2D eigenvalue weighted by atomic mass is 9.75. The Morgan fingerprint density at radius 3 is 2.79 bits per heavy atom. The zero-order chi connectivity index (χ0) is 13.3. The molecule has 4 atom stereocenters. The van der Waals surface area contributed by atoms with Crippen molar-refractivity contribution in [2.24, 2.45) is 5.92 Å². The third-order valence-electron chi connectivity index (χ3n) is 5.29. The molecule has 0 saturated carbocycles. The summed E-state index contributed by atoms with van der Waals surface area (Å²) in [7, 11) is 2.10. The van der Waals surface area contributed by atoms with Crippen molar-refractivity contribution in [2.45, 2.75) is 56.3 Å². The van der Waals surface area contributed by atoms with Gasteiger partial charge in [0.25, 0.3) is 0 Å². The van der Waals surface area contributed by atoms with Crippen LogP contribution in [0.5, 0.6) is 0 Å². The van der Waals surface area contributed by atoms with E-state index in [1.54, 1.807) is 0 Å². The van der Waals surface area contributed by atoms with Crippen LogP contribution in [-0.2, 0) is 9.47 Å². The van der Waals surface area contributed by atoms with Crippen LogP contribution in [-0.4, -0.2) is 49.0 Å². The maximum Gasteiger partial charge on any atom is 0.0810 e. The van der Waals surface area contributed by atoms with Gasteiger partial charge in [0.15, 0.2) is 0 Å². The number of nitrogens with one attached hydrogen (secondary N) is 1. The van der Waals surface area contributed by atoms with E-state index in [0.29, 0.717) is 12.0 Å². The smallest absolute Gasteiger partial charge is 0.0810 e. The molecule has 0 aliphatic carbocycles. The van der Waals surface area contributed by atoms with Crippen molar-refractivity contribution in [2.75, 3.05) is 31.8 Å². The molecule has 110 valence electrons. The van der Waals surface area contributed by atoms with Gasteiger partial charge >= 0.3 is 0 Å². The van der Waals surface area contributed by atoms with E-state index in [4.69, 9.17) is 9.47 Å². The maximum atomic E-state index is 6.16. The summed E-state index contributed by atoms with van der Waals surface area (Å²) in [4.78, 5) is 0. The first kappa shape index (κ1) is 14.2. The standard InChI is InChI=1S/C15H27NO2S/c1-14(5-3-7-17-14)13(16-2)12-4-8-18-15(10-12)6-9-19-11-15/h12-13,16H,3-11H2,1-2H3. The van der Waals surface area contributed by atoms with Gasteiger partial charge in [0.2, 0.25) is 0 Å². The Hall–Kier alpha value is 0.230. The predicted molar refractivity (Wildman–Crippen MR) is 79.8 cm³/mol. The van der Waals surface area contributed by atoms with Gasteiger partial charge in [-0.05, 0) is 57.7 Å². The number of likely N-dealkylation sites (N-methyl/N-ethyl adjacent to an activating group) is 1. The second-order valence-corrected chi connectivity index (χ2v) is 7.72. The third-order valence-corrected chi connectivity index (χ3v) is 6.51. The minimum absolute atomic E-state index is 0.0314. The normalized spacial score (nSPS) is 44.8. The largest absolute Gasteiger partial charge is 0.374 e. The molecule has 3 rings (SSSR count). The van der Waals surface area contributed by atoms with Crippen LogP contribution in [0.3, 0.4) is 0 Å². The Labute approximate surface area is 121 Å². The zero-order valence-corrected chi connectivity index (χ0v) is 13.1. The number of ether oxygens (including phenoxy) is 2. The molecule has 0 aromatic rings. The highest BCUT2D eigenvalue weighted by molar-refractivity contribution is 7.99. The quantitative estimate of drug-likeness (QED) is 0.863. The van der Waals surface area contributed by atoms with Gasteiger partial charge in [-0.3, -0.25) is 0 Å². The van der Waals surface area contributed by atoms with Crippen molar-refractivity contribution in [1.82, 2.24) is 5.32 Å². The minimum Gasteiger partial charge on any atom is -0.374 e. The monoisotopic (exact) mass is 285 g/mol. The average Bonchev–Trinajstić information content (AvgIpc) is 3.01. The summed E-state index contributed by atoms with van der Waals surface area (Å²) < 4.78 is 12.2. The summed E-state index contributed by atoms with van der Waals surface area (Å²) >= 11 is 2.06. The summed E-state index contributed by atoms with van der Waals surface area (Å²) in [6.07, 6.45) is 6.03. The van der Waals surface area contributed by atoms with Gasteiger partial charge in [-0.2, -0.15) is 11.8 Å². The SMILES string of the molecule is CNC(C1CCOC2(CCSC2)C1)C1(C)CCCO1. The topological polar surface area (TPSA) is 30.5 Å². The number of hydrogen-bond donors (Lipinski definition) is 1. The molecule has 3 fully saturated rings. The predicted octanol–water partition coefficient (Wildman–Crippen LogP) is 2.45. The average molecular weight is 285 g/mol. The van der Waals surface area contributed by atoms with Crippen LogP contribution >= 0.6 is 11.8 Å². The molecule has 1 spiro atoms. The summed E-state index contributed by atoms with van der Waals surface area (Å²) in [5, 5.41) is 3.57. The maximum absolute atomic E-state index is 6.16. The number of hydrogen-bond acceptors (Lipinski definition) is 4. The molecule has 3 aliphatic heterocycles. The first-order valence-corrected chi connectivity index (χ1v) is 8.86. The van der Waals surface area contributed by atoms with E-state index in [1.165, 1.54) is 43.6 Å². The van der Waals surface area contributed by atoms with Crippen LogP contribution in [0.25, 0.3) is 0 Å². The molecule has 4 heteroatoms. The van der Waals surface area contributed by atoms with E-state index in [-0.39, 0.29) is 11.2 Å². The van der Waals surface area contributed by atoms with Crippen molar-refractivity contribution in [1.29, 1.82) is 0 Å². The molecule has 3 nitrogen and oxygen atoms in total. The van der Waals surface area contributed by atoms with Crippen LogP contribution in [0.2, 0.25) is 0 Å². The van der Waals surface area contributed by atoms with Gasteiger partial charge < -0.3 is 14.8 Å². The first-order chi connectivity index (χ1) is 9.18. The van der Waals surface area contributed by atoms with E-state index >= 15 is 0 Å². The lowest BCUT2D eigenvalue weighted by Crippen LogP contribution is -2.55. The molecule has 3 heterocycles. The molecule has 0 amide bonds. The fourth-order valence-corrected chi connectivity index (χ4v) is 5.68. The van der Waals surface area contributed by atoms with Crippen molar-refractivity contribution >= 4 is 11.8 Å². The highest BCUT2D eigenvalue weighted by Crippen LogP contribution is 2.44. The summed E-state index contributed by atoms with van der Waals surface area (Å²) in [5.41, 5.74) is 0.210. The summed E-state index contributed by atoms with van der Waals surface area (Å²) in [6.45, 7) is 4.16. The van der Waals surface area contributed by atoms with Gasteiger partial charge in [0, 0.05) is 25.0 Å². The molecule has 0 aromatic heterocycles. The molecular weight excluding hydrogens is 258 g/mol. The Kier molecular flexibility index (Phi) is 4.14. The molecule has 1 N–H and O–H groups in total. The minimum atomic E-state index is 0.0314. The van der Waals surface area contributed by atoms with Crippen LogP contribution in [0.15, 0.2) is 0 Å². The number of thioether (sulfide) groups is 1. The Balaban J connectivity index is 1.72. The molecule has 3 saturated heterocycles. The van der Waals surface area contributed by atoms with E-state index in [0.717, 1.165) is 13.2 Å². The Morgan fingerprint density at radius 1 is 1.26 bits per heavy atom. The Morgan fingerprint density at radius 2 is 2.16 bits per heavy atom. The van der Waals surface area contributed by atoms with Gasteiger partial charge in [-0.1, -0.05) is 0 Å². The van der Waals surface area contributed by atoms with E-state index < -0.39 is 0 Å². The fraction of sp³-hybridized carbons (Fsp3) is 1.00. The number of rotatable bonds is 3. The molecule has 0 aromatic carbocycles. The highest BCUT2D eigenvalue weighted by Gasteiger charge is 2.47. The molecule has 0 radical (unpaired) electrons. The second kappa shape index (κ2) is 5.55. The van der Waals surface area contributed by atoms with Crippen molar-refractivity contribution in [3.8, 4) is 0 Å². The fourth-order valence-electron chi connectivity index (χ4n) is 4.30. The van der Waals surface area contributed by atoms with E-state index in [2.05, 4.69) is 31.1 Å². The van der Waals surface area contributed by atoms with Gasteiger partial charge in [0.1, 0.15) is 0 Å². The molecule has 19 heavy (non-hydrogen) atoms. The lowest BCUT2D eigenvalue weighted by Gasteiger charge is -2.45. The first-order valence-electron chi connectivity index (χ1n) is 7.70. The van der Waals surface area contributed by atoms with Crippen molar-refractivity contribution in [3.63, 3.8) is 0 Å². The van der Waals surface area contributed by atoms with Crippen LogP contribution < -0.4 is 5.32 Å².